The third-order valence-corrected chi connectivity index (χ3v) is 1.13. The molecule has 0 atom stereocenters. The zero-order valence-electron chi connectivity index (χ0n) is 6.39. The van der Waals surface area contributed by atoms with Crippen molar-refractivity contribution in [3.8, 4) is 0 Å². The molecule has 0 radical (unpaired) electrons. The van der Waals surface area contributed by atoms with Crippen molar-refractivity contribution in [2.24, 2.45) is 0 Å². The van der Waals surface area contributed by atoms with Gasteiger partial charge in [0.15, 0.2) is 0 Å². The largest absolute Gasteiger partial charge is 0.481 e. The SMILES string of the molecule is O=C(O)CCNCC(F)(F)CO. The summed E-state index contributed by atoms with van der Waals surface area (Å²) in [7, 11) is 0. The van der Waals surface area contributed by atoms with Crippen LogP contribution in [0.15, 0.2) is 0 Å². The zero-order valence-corrected chi connectivity index (χ0v) is 6.39. The molecule has 0 bridgehead atoms. The lowest BCUT2D eigenvalue weighted by Gasteiger charge is -2.12. The van der Waals surface area contributed by atoms with Crippen molar-refractivity contribution in [1.29, 1.82) is 0 Å². The van der Waals surface area contributed by atoms with E-state index in [1.54, 1.807) is 0 Å². The molecule has 0 aromatic heterocycles. The number of rotatable bonds is 6. The Kier molecular flexibility index (Phi) is 4.68. The van der Waals surface area contributed by atoms with Crippen molar-refractivity contribution in [3.63, 3.8) is 0 Å². The molecule has 0 heterocycles. The third kappa shape index (κ3) is 5.99. The average Bonchev–Trinajstić information content (AvgIpc) is 1.98. The molecule has 0 aliphatic heterocycles. The third-order valence-electron chi connectivity index (χ3n) is 1.13. The fraction of sp³-hybridized carbons (Fsp3) is 0.833. The average molecular weight is 183 g/mol. The monoisotopic (exact) mass is 183 g/mol. The lowest BCUT2D eigenvalue weighted by molar-refractivity contribution is -0.137. The van der Waals surface area contributed by atoms with Crippen molar-refractivity contribution < 1.29 is 23.8 Å². The summed E-state index contributed by atoms with van der Waals surface area (Å²) in [4.78, 5) is 9.92. The van der Waals surface area contributed by atoms with E-state index in [4.69, 9.17) is 10.2 Å². The van der Waals surface area contributed by atoms with Gasteiger partial charge in [-0.1, -0.05) is 0 Å². The second-order valence-corrected chi connectivity index (χ2v) is 2.33. The van der Waals surface area contributed by atoms with Crippen LogP contribution in [-0.2, 0) is 4.79 Å². The Morgan fingerprint density at radius 2 is 2.08 bits per heavy atom. The first-order valence-corrected chi connectivity index (χ1v) is 3.39. The highest BCUT2D eigenvalue weighted by atomic mass is 19.3. The van der Waals surface area contributed by atoms with Crippen LogP contribution < -0.4 is 5.32 Å². The maximum atomic E-state index is 12.2. The molecule has 0 amide bonds. The van der Waals surface area contributed by atoms with E-state index < -0.39 is 25.0 Å². The van der Waals surface area contributed by atoms with Gasteiger partial charge < -0.3 is 15.5 Å². The number of aliphatic hydroxyl groups excluding tert-OH is 1. The number of aliphatic hydroxyl groups is 1. The van der Waals surface area contributed by atoms with Gasteiger partial charge in [0.05, 0.1) is 13.0 Å². The molecule has 0 aromatic carbocycles. The summed E-state index contributed by atoms with van der Waals surface area (Å²) in [6, 6.07) is 0. The summed E-state index contributed by atoms with van der Waals surface area (Å²) in [5.41, 5.74) is 0. The normalized spacial score (nSPS) is 11.6. The minimum Gasteiger partial charge on any atom is -0.481 e. The molecule has 0 saturated carbocycles. The van der Waals surface area contributed by atoms with Gasteiger partial charge >= 0.3 is 5.97 Å². The van der Waals surface area contributed by atoms with Crippen molar-refractivity contribution in [2.75, 3.05) is 19.7 Å². The second kappa shape index (κ2) is 5.00. The van der Waals surface area contributed by atoms with Crippen LogP contribution in [-0.4, -0.2) is 41.8 Å². The summed E-state index contributed by atoms with van der Waals surface area (Å²) < 4.78 is 24.4. The maximum absolute atomic E-state index is 12.2. The molecule has 12 heavy (non-hydrogen) atoms. The standard InChI is InChI=1S/C6H11F2NO3/c7-6(8,4-10)3-9-2-1-5(11)12/h9-10H,1-4H2,(H,11,12). The van der Waals surface area contributed by atoms with E-state index in [-0.39, 0.29) is 13.0 Å². The fourth-order valence-electron chi connectivity index (χ4n) is 0.522. The van der Waals surface area contributed by atoms with Crippen LogP contribution in [0.2, 0.25) is 0 Å². The molecular weight excluding hydrogens is 172 g/mol. The molecule has 0 fully saturated rings. The smallest absolute Gasteiger partial charge is 0.304 e. The molecule has 0 saturated heterocycles. The number of carbonyl (C=O) groups is 1. The summed E-state index contributed by atoms with van der Waals surface area (Å²) in [6.07, 6.45) is -0.207. The minimum absolute atomic E-state index is 0.0229. The van der Waals surface area contributed by atoms with Gasteiger partial charge in [-0.05, 0) is 0 Å². The van der Waals surface area contributed by atoms with Gasteiger partial charge in [0.2, 0.25) is 0 Å². The summed E-state index contributed by atoms with van der Waals surface area (Å²) in [5.74, 6) is -4.21. The van der Waals surface area contributed by atoms with Gasteiger partial charge in [-0.25, -0.2) is 8.78 Å². The Balaban J connectivity index is 3.37. The van der Waals surface area contributed by atoms with Crippen LogP contribution in [0.3, 0.4) is 0 Å². The quantitative estimate of drug-likeness (QED) is 0.493. The van der Waals surface area contributed by atoms with Gasteiger partial charge in [-0.15, -0.1) is 0 Å². The van der Waals surface area contributed by atoms with Crippen molar-refractivity contribution in [1.82, 2.24) is 5.32 Å². The highest BCUT2D eigenvalue weighted by Gasteiger charge is 2.26. The number of halogens is 2. The second-order valence-electron chi connectivity index (χ2n) is 2.33. The first-order chi connectivity index (χ1) is 5.48. The first kappa shape index (κ1) is 11.2. The molecule has 6 heteroatoms. The van der Waals surface area contributed by atoms with Crippen LogP contribution in [0, 0.1) is 0 Å². The summed E-state index contributed by atoms with van der Waals surface area (Å²) in [5, 5.41) is 18.4. The van der Waals surface area contributed by atoms with E-state index >= 15 is 0 Å². The molecule has 4 nitrogen and oxygen atoms in total. The van der Waals surface area contributed by atoms with E-state index in [1.165, 1.54) is 0 Å². The van der Waals surface area contributed by atoms with Gasteiger partial charge in [-0.2, -0.15) is 0 Å². The van der Waals surface area contributed by atoms with Crippen LogP contribution in [0.25, 0.3) is 0 Å². The lowest BCUT2D eigenvalue weighted by atomic mass is 10.3. The highest BCUT2D eigenvalue weighted by molar-refractivity contribution is 5.66. The molecule has 0 unspecified atom stereocenters. The molecular formula is C6H11F2NO3. The fourth-order valence-corrected chi connectivity index (χ4v) is 0.522. The first-order valence-electron chi connectivity index (χ1n) is 3.39. The number of aliphatic carboxylic acids is 1. The number of hydrogen-bond donors (Lipinski definition) is 3. The Hall–Kier alpha value is -0.750. The Morgan fingerprint density at radius 3 is 2.50 bits per heavy atom. The van der Waals surface area contributed by atoms with Crippen LogP contribution in [0.4, 0.5) is 8.78 Å². The van der Waals surface area contributed by atoms with E-state index in [0.29, 0.717) is 0 Å². The zero-order chi connectivity index (χ0) is 9.61. The van der Waals surface area contributed by atoms with Gasteiger partial charge in [0, 0.05) is 6.54 Å². The van der Waals surface area contributed by atoms with Crippen LogP contribution in [0.5, 0.6) is 0 Å². The van der Waals surface area contributed by atoms with Crippen molar-refractivity contribution >= 4 is 5.97 Å². The molecule has 3 N–H and O–H groups in total. The van der Waals surface area contributed by atoms with E-state index in [0.717, 1.165) is 0 Å². The van der Waals surface area contributed by atoms with Crippen LogP contribution >= 0.6 is 0 Å². The number of hydrogen-bond acceptors (Lipinski definition) is 3. The van der Waals surface area contributed by atoms with Crippen molar-refractivity contribution in [3.05, 3.63) is 0 Å². The van der Waals surface area contributed by atoms with Gasteiger partial charge in [0.25, 0.3) is 5.92 Å². The lowest BCUT2D eigenvalue weighted by Crippen LogP contribution is -2.36. The molecule has 0 spiro atoms. The predicted molar refractivity (Wildman–Crippen MR) is 37.2 cm³/mol. The van der Waals surface area contributed by atoms with Crippen molar-refractivity contribution in [2.45, 2.75) is 12.3 Å². The Morgan fingerprint density at radius 1 is 1.50 bits per heavy atom. The molecule has 0 rings (SSSR count). The van der Waals surface area contributed by atoms with Gasteiger partial charge in [0.1, 0.15) is 6.61 Å². The Labute approximate surface area is 68.2 Å². The van der Waals surface area contributed by atoms with E-state index in [1.807, 2.05) is 0 Å². The summed E-state index contributed by atoms with van der Waals surface area (Å²) in [6.45, 7) is -1.95. The molecule has 0 aliphatic carbocycles. The predicted octanol–water partition coefficient (Wildman–Crippen LogP) is -0.322. The van der Waals surface area contributed by atoms with Gasteiger partial charge in [-0.3, -0.25) is 4.79 Å². The molecule has 72 valence electrons. The Bertz CT molecular complexity index is 152. The highest BCUT2D eigenvalue weighted by Crippen LogP contribution is 2.09. The minimum atomic E-state index is -3.17. The number of carboxylic acids is 1. The topological polar surface area (TPSA) is 69.6 Å². The van der Waals surface area contributed by atoms with E-state index in [9.17, 15) is 13.6 Å². The van der Waals surface area contributed by atoms with Crippen LogP contribution in [0.1, 0.15) is 6.42 Å². The van der Waals surface area contributed by atoms with E-state index in [2.05, 4.69) is 5.32 Å². The number of carboxylic acid groups (broad SMARTS) is 1. The maximum Gasteiger partial charge on any atom is 0.304 e. The number of nitrogens with one attached hydrogen (secondary N) is 1. The summed E-state index contributed by atoms with van der Waals surface area (Å²) >= 11 is 0. The molecule has 0 aliphatic rings. The molecule has 0 aromatic rings. The number of alkyl halides is 2.